The van der Waals surface area contributed by atoms with Crippen molar-refractivity contribution in [2.45, 2.75) is 26.1 Å². The van der Waals surface area contributed by atoms with Gasteiger partial charge in [-0.25, -0.2) is 9.78 Å². The Morgan fingerprint density at radius 1 is 1.32 bits per heavy atom. The van der Waals surface area contributed by atoms with E-state index >= 15 is 0 Å². The summed E-state index contributed by atoms with van der Waals surface area (Å²) < 4.78 is 2.15. The summed E-state index contributed by atoms with van der Waals surface area (Å²) in [6.45, 7) is 5.14. The number of aromatic nitrogens is 3. The summed E-state index contributed by atoms with van der Waals surface area (Å²) in [6, 6.07) is 10.1. The van der Waals surface area contributed by atoms with E-state index in [9.17, 15) is 9.59 Å². The SMILES string of the molecule is CCn1c(=O)[nH]c2cc(CN3CC(N(C)c4ccc(C(=O)NC)nc4)C3)ccc2c1=S. The Morgan fingerprint density at radius 3 is 2.74 bits per heavy atom. The number of amides is 1. The summed E-state index contributed by atoms with van der Waals surface area (Å²) in [5, 5.41) is 3.48. The van der Waals surface area contributed by atoms with Crippen molar-refractivity contribution in [3.05, 3.63) is 62.9 Å². The number of H-pyrrole nitrogens is 1. The zero-order valence-electron chi connectivity index (χ0n) is 17.9. The number of rotatable bonds is 6. The smallest absolute Gasteiger partial charge is 0.326 e. The van der Waals surface area contributed by atoms with E-state index in [0.29, 0.717) is 22.9 Å². The molecule has 1 saturated heterocycles. The van der Waals surface area contributed by atoms with E-state index in [1.54, 1.807) is 23.9 Å². The van der Waals surface area contributed by atoms with Gasteiger partial charge in [-0.2, -0.15) is 0 Å². The molecule has 0 unspecified atom stereocenters. The molecule has 1 amide bonds. The molecule has 9 heteroatoms. The number of likely N-dealkylation sites (tertiary alicyclic amines) is 1. The van der Waals surface area contributed by atoms with Crippen LogP contribution in [0.5, 0.6) is 0 Å². The average Bonchev–Trinajstić information content (AvgIpc) is 2.75. The van der Waals surface area contributed by atoms with Gasteiger partial charge in [0.15, 0.2) is 0 Å². The third-order valence-electron chi connectivity index (χ3n) is 5.87. The minimum absolute atomic E-state index is 0.168. The predicted molar refractivity (Wildman–Crippen MR) is 124 cm³/mol. The minimum Gasteiger partial charge on any atom is -0.368 e. The number of hydrogen-bond acceptors (Lipinski definition) is 6. The van der Waals surface area contributed by atoms with E-state index in [-0.39, 0.29) is 11.6 Å². The van der Waals surface area contributed by atoms with Gasteiger partial charge in [-0.3, -0.25) is 14.3 Å². The highest BCUT2D eigenvalue weighted by atomic mass is 32.1. The molecule has 2 aromatic heterocycles. The maximum Gasteiger partial charge on any atom is 0.326 e. The van der Waals surface area contributed by atoms with Crippen LogP contribution >= 0.6 is 12.2 Å². The molecule has 1 aliphatic heterocycles. The van der Waals surface area contributed by atoms with Crippen LogP contribution in [0.1, 0.15) is 23.0 Å². The highest BCUT2D eigenvalue weighted by Crippen LogP contribution is 2.23. The highest BCUT2D eigenvalue weighted by Gasteiger charge is 2.30. The molecule has 1 aromatic carbocycles. The number of carbonyl (C=O) groups is 1. The first-order chi connectivity index (χ1) is 14.9. The molecular formula is C22H26N6O2S. The quantitative estimate of drug-likeness (QED) is 0.574. The van der Waals surface area contributed by atoms with Crippen LogP contribution in [-0.2, 0) is 13.1 Å². The van der Waals surface area contributed by atoms with Crippen LogP contribution in [0.15, 0.2) is 41.3 Å². The number of aromatic amines is 1. The van der Waals surface area contributed by atoms with Gasteiger partial charge in [0.05, 0.1) is 23.4 Å². The second-order valence-electron chi connectivity index (χ2n) is 7.80. The van der Waals surface area contributed by atoms with Crippen LogP contribution in [0.2, 0.25) is 0 Å². The molecule has 2 N–H and O–H groups in total. The Labute approximate surface area is 185 Å². The van der Waals surface area contributed by atoms with E-state index in [4.69, 9.17) is 12.2 Å². The lowest BCUT2D eigenvalue weighted by Gasteiger charge is -2.45. The molecule has 0 saturated carbocycles. The third-order valence-corrected chi connectivity index (χ3v) is 6.31. The molecule has 3 heterocycles. The fourth-order valence-corrected chi connectivity index (χ4v) is 4.32. The normalized spacial score (nSPS) is 14.4. The Hall–Kier alpha value is -3.04. The number of pyridine rings is 1. The molecule has 8 nitrogen and oxygen atoms in total. The molecule has 0 bridgehead atoms. The van der Waals surface area contributed by atoms with Gasteiger partial charge in [-0.1, -0.05) is 18.3 Å². The summed E-state index contributed by atoms with van der Waals surface area (Å²) in [5.41, 5.74) is 3.16. The predicted octanol–water partition coefficient (Wildman–Crippen LogP) is 2.15. The van der Waals surface area contributed by atoms with Gasteiger partial charge in [0.25, 0.3) is 5.91 Å². The third kappa shape index (κ3) is 4.11. The van der Waals surface area contributed by atoms with Crippen molar-refractivity contribution in [1.29, 1.82) is 0 Å². The Balaban J connectivity index is 1.40. The van der Waals surface area contributed by atoms with Gasteiger partial charge in [-0.15, -0.1) is 0 Å². The lowest BCUT2D eigenvalue weighted by Crippen LogP contribution is -2.58. The zero-order valence-corrected chi connectivity index (χ0v) is 18.7. The molecule has 4 rings (SSSR count). The number of benzene rings is 1. The number of nitrogens with one attached hydrogen (secondary N) is 2. The summed E-state index contributed by atoms with van der Waals surface area (Å²) in [5.74, 6) is -0.187. The highest BCUT2D eigenvalue weighted by molar-refractivity contribution is 7.71. The first-order valence-corrected chi connectivity index (χ1v) is 10.7. The zero-order chi connectivity index (χ0) is 22.1. The standard InChI is InChI=1S/C22H26N6O2S/c1-4-28-21(31)17-7-5-14(9-19(17)25-22(28)30)11-27-12-16(13-27)26(3)15-6-8-18(24-10-15)20(29)23-2/h5-10,16H,4,11-13H2,1-3H3,(H,23,29)(H,25,30). The van der Waals surface area contributed by atoms with E-state index in [1.165, 1.54) is 0 Å². The van der Waals surface area contributed by atoms with Gasteiger partial charge >= 0.3 is 5.69 Å². The second kappa shape index (κ2) is 8.60. The average molecular weight is 439 g/mol. The summed E-state index contributed by atoms with van der Waals surface area (Å²) in [4.78, 5) is 35.6. The van der Waals surface area contributed by atoms with Crippen molar-refractivity contribution in [2.24, 2.45) is 0 Å². The topological polar surface area (TPSA) is 86.3 Å². The largest absolute Gasteiger partial charge is 0.368 e. The first-order valence-electron chi connectivity index (χ1n) is 10.3. The van der Waals surface area contributed by atoms with Crippen molar-refractivity contribution in [2.75, 3.05) is 32.1 Å². The van der Waals surface area contributed by atoms with E-state index in [2.05, 4.69) is 31.2 Å². The molecular weight excluding hydrogens is 412 g/mol. The Bertz CT molecular complexity index is 1230. The fraction of sp³-hybridized carbons (Fsp3) is 0.364. The van der Waals surface area contributed by atoms with E-state index in [0.717, 1.165) is 41.8 Å². The molecule has 1 fully saturated rings. The van der Waals surface area contributed by atoms with Gasteiger partial charge in [-0.05, 0) is 36.8 Å². The molecule has 0 aliphatic carbocycles. The molecule has 31 heavy (non-hydrogen) atoms. The fourth-order valence-electron chi connectivity index (χ4n) is 3.93. The number of nitrogens with zero attached hydrogens (tertiary/aromatic N) is 4. The van der Waals surface area contributed by atoms with Crippen molar-refractivity contribution >= 4 is 34.7 Å². The molecule has 1 aliphatic rings. The number of hydrogen-bond donors (Lipinski definition) is 2. The number of anilines is 1. The summed E-state index contributed by atoms with van der Waals surface area (Å²) >= 11 is 5.46. The second-order valence-corrected chi connectivity index (χ2v) is 8.19. The van der Waals surface area contributed by atoms with Crippen molar-refractivity contribution < 1.29 is 4.79 Å². The number of carbonyl (C=O) groups excluding carboxylic acids is 1. The van der Waals surface area contributed by atoms with Crippen LogP contribution in [0.3, 0.4) is 0 Å². The molecule has 3 aromatic rings. The van der Waals surface area contributed by atoms with Gasteiger partial charge < -0.3 is 15.2 Å². The van der Waals surface area contributed by atoms with Gasteiger partial charge in [0, 0.05) is 45.7 Å². The molecule has 0 radical (unpaired) electrons. The van der Waals surface area contributed by atoms with Crippen LogP contribution in [0.25, 0.3) is 10.9 Å². The molecule has 0 atom stereocenters. The summed E-state index contributed by atoms with van der Waals surface area (Å²) in [6.07, 6.45) is 1.74. The monoisotopic (exact) mass is 438 g/mol. The van der Waals surface area contributed by atoms with Crippen molar-refractivity contribution in [3.8, 4) is 0 Å². The molecule has 162 valence electrons. The number of fused-ring (bicyclic) bond motifs is 1. The maximum absolute atomic E-state index is 12.2. The van der Waals surface area contributed by atoms with E-state index < -0.39 is 0 Å². The first kappa shape index (κ1) is 21.2. The summed E-state index contributed by atoms with van der Waals surface area (Å²) in [7, 11) is 3.64. The van der Waals surface area contributed by atoms with Gasteiger partial charge in [0.2, 0.25) is 0 Å². The lowest BCUT2D eigenvalue weighted by molar-refractivity contribution is 0.0958. The van der Waals surface area contributed by atoms with Crippen molar-refractivity contribution in [1.82, 2.24) is 24.8 Å². The Morgan fingerprint density at radius 2 is 2.10 bits per heavy atom. The van der Waals surface area contributed by atoms with Gasteiger partial charge in [0.1, 0.15) is 10.3 Å². The van der Waals surface area contributed by atoms with Crippen molar-refractivity contribution in [3.63, 3.8) is 0 Å². The lowest BCUT2D eigenvalue weighted by atomic mass is 10.0. The van der Waals surface area contributed by atoms with Crippen LogP contribution < -0.4 is 15.9 Å². The van der Waals surface area contributed by atoms with Crippen LogP contribution in [-0.4, -0.2) is 58.6 Å². The Kier molecular flexibility index (Phi) is 5.88. The number of likely N-dealkylation sites (N-methyl/N-ethyl adjacent to an activating group) is 1. The van der Waals surface area contributed by atoms with E-state index in [1.807, 2.05) is 32.2 Å². The van der Waals surface area contributed by atoms with Crippen LogP contribution in [0, 0.1) is 4.64 Å². The van der Waals surface area contributed by atoms with Crippen LogP contribution in [0.4, 0.5) is 5.69 Å². The maximum atomic E-state index is 12.2. The molecule has 0 spiro atoms. The minimum atomic E-state index is -0.187.